The van der Waals surface area contributed by atoms with Gasteiger partial charge >= 0.3 is 0 Å². The van der Waals surface area contributed by atoms with Crippen LogP contribution in [0.2, 0.25) is 5.02 Å². The van der Waals surface area contributed by atoms with Crippen LogP contribution >= 0.6 is 27.5 Å². The molecule has 1 aromatic rings. The van der Waals surface area contributed by atoms with Crippen LogP contribution in [0.5, 0.6) is 0 Å². The van der Waals surface area contributed by atoms with Gasteiger partial charge < -0.3 is 5.32 Å². The van der Waals surface area contributed by atoms with Gasteiger partial charge in [0, 0.05) is 33.6 Å². The van der Waals surface area contributed by atoms with Gasteiger partial charge in [-0.1, -0.05) is 34.0 Å². The number of amides is 1. The number of hydrogen-bond donors (Lipinski definition) is 1. The number of benzene rings is 1. The summed E-state index contributed by atoms with van der Waals surface area (Å²) in [5.74, 6) is -0.332. The van der Waals surface area contributed by atoms with Crippen molar-refractivity contribution < 1.29 is 9.72 Å². The Balaban J connectivity index is 2.16. The fraction of sp³-hybridized carbons (Fsp3) is 0.417. The van der Waals surface area contributed by atoms with Crippen LogP contribution in [-0.4, -0.2) is 21.7 Å². The van der Waals surface area contributed by atoms with Crippen LogP contribution in [0.25, 0.3) is 0 Å². The molecule has 0 spiro atoms. The van der Waals surface area contributed by atoms with Gasteiger partial charge in [-0.05, 0) is 18.9 Å². The molecule has 0 heterocycles. The predicted molar refractivity (Wildman–Crippen MR) is 75.9 cm³/mol. The zero-order chi connectivity index (χ0) is 14.0. The molecule has 0 aliphatic heterocycles. The monoisotopic (exact) mass is 346 g/mol. The number of halogens is 2. The van der Waals surface area contributed by atoms with Crippen molar-refractivity contribution in [2.24, 2.45) is 0 Å². The Labute approximate surface area is 123 Å². The highest BCUT2D eigenvalue weighted by molar-refractivity contribution is 9.09. The normalized spacial score (nSPS) is 22.2. The van der Waals surface area contributed by atoms with E-state index in [0.717, 1.165) is 19.3 Å². The molecule has 1 aromatic carbocycles. The fourth-order valence-electron chi connectivity index (χ4n) is 2.14. The third kappa shape index (κ3) is 3.45. The number of carbonyl (C=O) groups is 1. The summed E-state index contributed by atoms with van der Waals surface area (Å²) in [5, 5.41) is 13.8. The average molecular weight is 348 g/mol. The zero-order valence-electron chi connectivity index (χ0n) is 9.94. The van der Waals surface area contributed by atoms with Crippen LogP contribution in [0.15, 0.2) is 18.2 Å². The van der Waals surface area contributed by atoms with E-state index in [1.165, 1.54) is 18.2 Å². The second-order valence-electron chi connectivity index (χ2n) is 4.48. The Hall–Kier alpha value is -1.14. The van der Waals surface area contributed by atoms with Gasteiger partial charge in [0.25, 0.3) is 11.6 Å². The quantitative estimate of drug-likeness (QED) is 0.518. The Morgan fingerprint density at radius 2 is 2.16 bits per heavy atom. The van der Waals surface area contributed by atoms with Crippen molar-refractivity contribution in [2.45, 2.75) is 30.1 Å². The van der Waals surface area contributed by atoms with E-state index < -0.39 is 4.92 Å². The van der Waals surface area contributed by atoms with E-state index >= 15 is 0 Å². The highest BCUT2D eigenvalue weighted by Gasteiger charge is 2.27. The predicted octanol–water partition coefficient (Wildman–Crippen LogP) is 3.29. The zero-order valence-corrected chi connectivity index (χ0v) is 12.3. The van der Waals surface area contributed by atoms with Crippen molar-refractivity contribution in [3.05, 3.63) is 38.9 Å². The molecule has 0 saturated heterocycles. The molecule has 2 unspecified atom stereocenters. The summed E-state index contributed by atoms with van der Waals surface area (Å²) in [7, 11) is 0. The van der Waals surface area contributed by atoms with Crippen LogP contribution in [0.1, 0.15) is 29.6 Å². The van der Waals surface area contributed by atoms with Gasteiger partial charge in [-0.2, -0.15) is 0 Å². The summed E-state index contributed by atoms with van der Waals surface area (Å²) < 4.78 is 0. The lowest BCUT2D eigenvalue weighted by Crippen LogP contribution is -2.37. The lowest BCUT2D eigenvalue weighted by atomic mass is 10.1. The topological polar surface area (TPSA) is 72.2 Å². The van der Waals surface area contributed by atoms with Gasteiger partial charge in [0.15, 0.2) is 0 Å². The molecule has 19 heavy (non-hydrogen) atoms. The minimum atomic E-state index is -0.564. The number of carbonyl (C=O) groups excluding carboxylic acids is 1. The summed E-state index contributed by atoms with van der Waals surface area (Å²) in [6, 6.07) is 3.95. The molecule has 7 heteroatoms. The van der Waals surface area contributed by atoms with Gasteiger partial charge in [-0.3, -0.25) is 14.9 Å². The highest BCUT2D eigenvalue weighted by atomic mass is 79.9. The van der Waals surface area contributed by atoms with E-state index in [-0.39, 0.29) is 33.0 Å². The number of nitrogens with zero attached hydrogens (tertiary/aromatic N) is 1. The van der Waals surface area contributed by atoms with Crippen molar-refractivity contribution in [1.29, 1.82) is 0 Å². The van der Waals surface area contributed by atoms with E-state index in [0.29, 0.717) is 0 Å². The van der Waals surface area contributed by atoms with E-state index in [1.807, 2.05) is 0 Å². The number of non-ortho nitro benzene ring substituents is 1. The molecular weight excluding hydrogens is 336 g/mol. The second-order valence-corrected chi connectivity index (χ2v) is 6.09. The molecule has 0 aromatic heterocycles. The molecule has 5 nitrogen and oxygen atoms in total. The van der Waals surface area contributed by atoms with Crippen LogP contribution < -0.4 is 5.32 Å². The molecule has 0 radical (unpaired) electrons. The van der Waals surface area contributed by atoms with Crippen molar-refractivity contribution in [1.82, 2.24) is 5.32 Å². The third-order valence-electron chi connectivity index (χ3n) is 3.10. The number of nitro groups is 1. The first-order valence-electron chi connectivity index (χ1n) is 5.87. The number of alkyl halides is 1. The molecule has 1 aliphatic rings. The molecule has 1 N–H and O–H groups in total. The maximum Gasteiger partial charge on any atom is 0.271 e. The van der Waals surface area contributed by atoms with Crippen molar-refractivity contribution in [3.8, 4) is 0 Å². The summed E-state index contributed by atoms with van der Waals surface area (Å²) in [4.78, 5) is 22.5. The van der Waals surface area contributed by atoms with E-state index in [1.54, 1.807) is 0 Å². The van der Waals surface area contributed by atoms with Crippen molar-refractivity contribution >= 4 is 39.1 Å². The smallest absolute Gasteiger partial charge is 0.271 e. The Bertz CT molecular complexity index is 524. The SMILES string of the molecule is O=C(NC1CCCC1Br)c1cc(Cl)cc([N+](=O)[O-])c1. The van der Waals surface area contributed by atoms with E-state index in [4.69, 9.17) is 11.6 Å². The van der Waals surface area contributed by atoms with E-state index in [9.17, 15) is 14.9 Å². The molecule has 1 fully saturated rings. The number of nitrogens with one attached hydrogen (secondary N) is 1. The first-order valence-corrected chi connectivity index (χ1v) is 7.16. The number of rotatable bonds is 3. The van der Waals surface area contributed by atoms with Gasteiger partial charge in [0.05, 0.1) is 4.92 Å². The lowest BCUT2D eigenvalue weighted by molar-refractivity contribution is -0.384. The largest absolute Gasteiger partial charge is 0.348 e. The minimum absolute atomic E-state index is 0.0607. The van der Waals surface area contributed by atoms with Crippen molar-refractivity contribution in [3.63, 3.8) is 0 Å². The first kappa shape index (κ1) is 14.3. The summed E-state index contributed by atoms with van der Waals surface area (Å²) in [6.07, 6.45) is 2.97. The highest BCUT2D eigenvalue weighted by Crippen LogP contribution is 2.26. The number of hydrogen-bond acceptors (Lipinski definition) is 3. The Morgan fingerprint density at radius 3 is 2.74 bits per heavy atom. The van der Waals surface area contributed by atoms with Crippen LogP contribution in [0.3, 0.4) is 0 Å². The third-order valence-corrected chi connectivity index (χ3v) is 4.42. The Morgan fingerprint density at radius 1 is 1.42 bits per heavy atom. The van der Waals surface area contributed by atoms with Crippen LogP contribution in [-0.2, 0) is 0 Å². The van der Waals surface area contributed by atoms with Gasteiger partial charge in [0.2, 0.25) is 0 Å². The van der Waals surface area contributed by atoms with Crippen molar-refractivity contribution in [2.75, 3.05) is 0 Å². The molecule has 102 valence electrons. The lowest BCUT2D eigenvalue weighted by Gasteiger charge is -2.16. The average Bonchev–Trinajstić information content (AvgIpc) is 2.74. The first-order chi connectivity index (χ1) is 8.97. The molecule has 0 bridgehead atoms. The molecule has 2 atom stereocenters. The second kappa shape index (κ2) is 5.88. The van der Waals surface area contributed by atoms with Gasteiger partial charge in [0.1, 0.15) is 0 Å². The maximum absolute atomic E-state index is 12.1. The minimum Gasteiger partial charge on any atom is -0.348 e. The summed E-state index contributed by atoms with van der Waals surface area (Å²) >= 11 is 9.30. The number of nitro benzene ring substituents is 1. The van der Waals surface area contributed by atoms with Gasteiger partial charge in [-0.15, -0.1) is 0 Å². The molecule has 1 amide bonds. The van der Waals surface area contributed by atoms with Crippen LogP contribution in [0, 0.1) is 10.1 Å². The summed E-state index contributed by atoms with van der Waals surface area (Å²) in [5.41, 5.74) is 0.0327. The maximum atomic E-state index is 12.1. The van der Waals surface area contributed by atoms with Gasteiger partial charge in [-0.25, -0.2) is 0 Å². The molecular formula is C12H12BrClN2O3. The molecule has 2 rings (SSSR count). The fourth-order valence-corrected chi connectivity index (χ4v) is 3.09. The molecule has 1 saturated carbocycles. The summed E-state index contributed by atoms with van der Waals surface area (Å²) in [6.45, 7) is 0. The molecule has 1 aliphatic carbocycles. The standard InChI is InChI=1S/C12H12BrClN2O3/c13-10-2-1-3-11(10)15-12(17)7-4-8(14)6-9(5-7)16(18)19/h4-6,10-11H,1-3H2,(H,15,17). The van der Waals surface area contributed by atoms with E-state index in [2.05, 4.69) is 21.2 Å². The van der Waals surface area contributed by atoms with Crippen LogP contribution in [0.4, 0.5) is 5.69 Å². The Kier molecular flexibility index (Phi) is 4.42.